The SMILES string of the molecule is Cc1ccc(CNc2ncc(Br)cc2N)s1. The standard InChI is InChI=1S/C11H12BrN3S/c1-7-2-3-9(16-7)6-15-11-10(13)4-8(12)5-14-11/h2-5H,6,13H2,1H3,(H,14,15). The van der Waals surface area contributed by atoms with Crippen molar-refractivity contribution in [1.29, 1.82) is 0 Å². The number of thiophene rings is 1. The first kappa shape index (κ1) is 11.4. The molecule has 0 unspecified atom stereocenters. The number of hydrogen-bond donors (Lipinski definition) is 2. The maximum atomic E-state index is 5.84. The van der Waals surface area contributed by atoms with Gasteiger partial charge in [0.05, 0.1) is 12.2 Å². The van der Waals surface area contributed by atoms with Gasteiger partial charge in [0.25, 0.3) is 0 Å². The summed E-state index contributed by atoms with van der Waals surface area (Å²) in [5.74, 6) is 0.731. The van der Waals surface area contributed by atoms with Gasteiger partial charge in [-0.05, 0) is 41.1 Å². The topological polar surface area (TPSA) is 50.9 Å². The van der Waals surface area contributed by atoms with Crippen LogP contribution in [-0.4, -0.2) is 4.98 Å². The second-order valence-electron chi connectivity index (χ2n) is 3.46. The van der Waals surface area contributed by atoms with Gasteiger partial charge in [0.2, 0.25) is 0 Å². The quantitative estimate of drug-likeness (QED) is 0.913. The third-order valence-corrected chi connectivity index (χ3v) is 3.54. The number of aryl methyl sites for hydroxylation is 1. The van der Waals surface area contributed by atoms with E-state index in [0.717, 1.165) is 16.8 Å². The maximum Gasteiger partial charge on any atom is 0.149 e. The molecule has 0 aliphatic carbocycles. The van der Waals surface area contributed by atoms with E-state index in [1.807, 2.05) is 6.07 Å². The predicted octanol–water partition coefficient (Wildman–Crippen LogP) is 3.41. The molecule has 0 aliphatic heterocycles. The summed E-state index contributed by atoms with van der Waals surface area (Å²) in [6.07, 6.45) is 1.73. The number of nitrogen functional groups attached to an aromatic ring is 1. The fourth-order valence-electron chi connectivity index (χ4n) is 1.35. The van der Waals surface area contributed by atoms with Crippen molar-refractivity contribution in [2.75, 3.05) is 11.1 Å². The molecule has 2 rings (SSSR count). The highest BCUT2D eigenvalue weighted by molar-refractivity contribution is 9.10. The molecule has 3 nitrogen and oxygen atoms in total. The Balaban J connectivity index is 2.04. The monoisotopic (exact) mass is 297 g/mol. The Morgan fingerprint density at radius 3 is 2.94 bits per heavy atom. The molecule has 2 aromatic heterocycles. The Labute approximate surface area is 107 Å². The summed E-state index contributed by atoms with van der Waals surface area (Å²) >= 11 is 5.10. The molecule has 0 aliphatic rings. The van der Waals surface area contributed by atoms with Gasteiger partial charge < -0.3 is 11.1 Å². The van der Waals surface area contributed by atoms with Gasteiger partial charge in [0.15, 0.2) is 0 Å². The lowest BCUT2D eigenvalue weighted by molar-refractivity contribution is 1.14. The van der Waals surface area contributed by atoms with Gasteiger partial charge in [-0.2, -0.15) is 0 Å². The predicted molar refractivity (Wildman–Crippen MR) is 72.7 cm³/mol. The molecule has 0 atom stereocenters. The highest BCUT2D eigenvalue weighted by Gasteiger charge is 2.02. The van der Waals surface area contributed by atoms with E-state index in [9.17, 15) is 0 Å². The van der Waals surface area contributed by atoms with Crippen LogP contribution in [0.3, 0.4) is 0 Å². The van der Waals surface area contributed by atoms with Gasteiger partial charge in [-0.1, -0.05) is 0 Å². The normalized spacial score (nSPS) is 10.4. The van der Waals surface area contributed by atoms with Crippen LogP contribution in [0.4, 0.5) is 11.5 Å². The van der Waals surface area contributed by atoms with Crippen LogP contribution in [0.15, 0.2) is 28.9 Å². The van der Waals surface area contributed by atoms with E-state index in [4.69, 9.17) is 5.73 Å². The number of nitrogens with one attached hydrogen (secondary N) is 1. The number of halogens is 1. The fraction of sp³-hybridized carbons (Fsp3) is 0.182. The average Bonchev–Trinajstić information content (AvgIpc) is 2.63. The van der Waals surface area contributed by atoms with Crippen molar-refractivity contribution in [3.8, 4) is 0 Å². The van der Waals surface area contributed by atoms with E-state index in [1.165, 1.54) is 9.75 Å². The van der Waals surface area contributed by atoms with Crippen LogP contribution in [0.2, 0.25) is 0 Å². The van der Waals surface area contributed by atoms with Crippen molar-refractivity contribution >= 4 is 38.8 Å². The Hall–Kier alpha value is -1.07. The number of rotatable bonds is 3. The molecule has 2 aromatic rings. The summed E-state index contributed by atoms with van der Waals surface area (Å²) in [5, 5.41) is 3.22. The van der Waals surface area contributed by atoms with Crippen molar-refractivity contribution in [3.05, 3.63) is 38.6 Å². The van der Waals surface area contributed by atoms with E-state index in [2.05, 4.69) is 45.3 Å². The molecule has 5 heteroatoms. The van der Waals surface area contributed by atoms with Crippen molar-refractivity contribution in [3.63, 3.8) is 0 Å². The number of aromatic nitrogens is 1. The molecular weight excluding hydrogens is 286 g/mol. The molecular formula is C11H12BrN3S. The van der Waals surface area contributed by atoms with Crippen LogP contribution in [-0.2, 0) is 6.54 Å². The highest BCUT2D eigenvalue weighted by atomic mass is 79.9. The van der Waals surface area contributed by atoms with Crippen LogP contribution in [0.5, 0.6) is 0 Å². The van der Waals surface area contributed by atoms with Crippen molar-refractivity contribution in [1.82, 2.24) is 4.98 Å². The minimum atomic E-state index is 0.655. The number of nitrogens with two attached hydrogens (primary N) is 1. The van der Waals surface area contributed by atoms with E-state index in [-0.39, 0.29) is 0 Å². The summed E-state index contributed by atoms with van der Waals surface area (Å²) in [5.41, 5.74) is 6.49. The van der Waals surface area contributed by atoms with E-state index in [0.29, 0.717) is 5.69 Å². The third kappa shape index (κ3) is 2.74. The fourth-order valence-corrected chi connectivity index (χ4v) is 2.53. The number of hydrogen-bond acceptors (Lipinski definition) is 4. The van der Waals surface area contributed by atoms with Crippen LogP contribution in [0.25, 0.3) is 0 Å². The van der Waals surface area contributed by atoms with Gasteiger partial charge in [-0.3, -0.25) is 0 Å². The van der Waals surface area contributed by atoms with Crippen LogP contribution < -0.4 is 11.1 Å². The molecule has 0 saturated carbocycles. The van der Waals surface area contributed by atoms with E-state index < -0.39 is 0 Å². The summed E-state index contributed by atoms with van der Waals surface area (Å²) in [7, 11) is 0. The lowest BCUT2D eigenvalue weighted by Gasteiger charge is -2.06. The average molecular weight is 298 g/mol. The summed E-state index contributed by atoms with van der Waals surface area (Å²) < 4.78 is 0.891. The van der Waals surface area contributed by atoms with Gasteiger partial charge in [-0.15, -0.1) is 11.3 Å². The Kier molecular flexibility index (Phi) is 3.46. The van der Waals surface area contributed by atoms with E-state index in [1.54, 1.807) is 17.5 Å². The first-order valence-electron chi connectivity index (χ1n) is 4.85. The zero-order valence-electron chi connectivity index (χ0n) is 8.83. The second kappa shape index (κ2) is 4.84. The Bertz CT molecular complexity index is 496. The zero-order chi connectivity index (χ0) is 11.5. The van der Waals surface area contributed by atoms with Crippen LogP contribution >= 0.6 is 27.3 Å². The minimum Gasteiger partial charge on any atom is -0.396 e. The third-order valence-electron chi connectivity index (χ3n) is 2.11. The minimum absolute atomic E-state index is 0.655. The molecule has 0 radical (unpaired) electrons. The van der Waals surface area contributed by atoms with Crippen molar-refractivity contribution in [2.45, 2.75) is 13.5 Å². The molecule has 84 valence electrons. The second-order valence-corrected chi connectivity index (χ2v) is 5.75. The molecule has 0 amide bonds. The molecule has 3 N–H and O–H groups in total. The first-order valence-corrected chi connectivity index (χ1v) is 6.46. The Morgan fingerprint density at radius 1 is 1.50 bits per heavy atom. The summed E-state index contributed by atoms with van der Waals surface area (Å²) in [4.78, 5) is 6.81. The molecule has 0 saturated heterocycles. The summed E-state index contributed by atoms with van der Waals surface area (Å²) in [6.45, 7) is 2.86. The summed E-state index contributed by atoms with van der Waals surface area (Å²) in [6, 6.07) is 6.07. The van der Waals surface area contributed by atoms with Gasteiger partial charge in [0, 0.05) is 20.4 Å². The highest BCUT2D eigenvalue weighted by Crippen LogP contribution is 2.21. The van der Waals surface area contributed by atoms with Crippen LogP contribution in [0.1, 0.15) is 9.75 Å². The van der Waals surface area contributed by atoms with E-state index >= 15 is 0 Å². The molecule has 0 fully saturated rings. The zero-order valence-corrected chi connectivity index (χ0v) is 11.2. The smallest absolute Gasteiger partial charge is 0.149 e. The lowest BCUT2D eigenvalue weighted by atomic mass is 10.4. The largest absolute Gasteiger partial charge is 0.396 e. The molecule has 0 spiro atoms. The van der Waals surface area contributed by atoms with Crippen molar-refractivity contribution < 1.29 is 0 Å². The van der Waals surface area contributed by atoms with Crippen LogP contribution in [0, 0.1) is 6.92 Å². The van der Waals surface area contributed by atoms with Gasteiger partial charge in [-0.25, -0.2) is 4.98 Å². The molecule has 2 heterocycles. The maximum absolute atomic E-state index is 5.84. The number of nitrogens with zero attached hydrogens (tertiary/aromatic N) is 1. The lowest BCUT2D eigenvalue weighted by Crippen LogP contribution is -2.03. The number of anilines is 2. The van der Waals surface area contributed by atoms with Crippen molar-refractivity contribution in [2.24, 2.45) is 0 Å². The number of pyridine rings is 1. The first-order chi connectivity index (χ1) is 7.65. The molecule has 16 heavy (non-hydrogen) atoms. The molecule has 0 bridgehead atoms. The van der Waals surface area contributed by atoms with Gasteiger partial charge >= 0.3 is 0 Å². The van der Waals surface area contributed by atoms with Gasteiger partial charge in [0.1, 0.15) is 5.82 Å². The molecule has 0 aromatic carbocycles. The Morgan fingerprint density at radius 2 is 2.31 bits per heavy atom.